The number of hydrogen-bond acceptors (Lipinski definition) is 3. The van der Waals surface area contributed by atoms with E-state index in [-0.39, 0.29) is 50.3 Å². The molecule has 3 nitrogen and oxygen atoms in total. The number of anilines is 7. The van der Waals surface area contributed by atoms with Gasteiger partial charge < -0.3 is 14.7 Å². The zero-order valence-electron chi connectivity index (χ0n) is 48.9. The summed E-state index contributed by atoms with van der Waals surface area (Å²) in [4.78, 5) is 8.56. The quantitative estimate of drug-likeness (QED) is 0.163. The minimum Gasteiger partial charge on any atom is -0.335 e. The molecule has 4 heterocycles. The van der Waals surface area contributed by atoms with Crippen LogP contribution in [0.5, 0.6) is 0 Å². The monoisotopic (exact) mass is 1000 g/mol. The molecule has 13 rings (SSSR count). The van der Waals surface area contributed by atoms with Gasteiger partial charge in [-0.25, -0.2) is 0 Å². The molecule has 2 aliphatic carbocycles. The van der Waals surface area contributed by atoms with Crippen molar-refractivity contribution < 1.29 is 0 Å². The van der Waals surface area contributed by atoms with Crippen molar-refractivity contribution in [1.82, 2.24) is 0 Å². The molecular formula is C72H82BN3. The Balaban J connectivity index is 1.20. The Labute approximate surface area is 457 Å². The molecule has 0 saturated heterocycles. The molecule has 7 aromatic rings. The fourth-order valence-electron chi connectivity index (χ4n) is 15.8. The summed E-state index contributed by atoms with van der Waals surface area (Å²) >= 11 is 0. The van der Waals surface area contributed by atoms with Crippen LogP contribution in [0, 0.1) is 0 Å². The molecule has 0 aromatic heterocycles. The van der Waals surface area contributed by atoms with Crippen LogP contribution >= 0.6 is 0 Å². The maximum absolute atomic E-state index is 2.97. The third kappa shape index (κ3) is 6.60. The molecule has 76 heavy (non-hydrogen) atoms. The smallest absolute Gasteiger partial charge is 0.252 e. The topological polar surface area (TPSA) is 9.72 Å². The van der Waals surface area contributed by atoms with Crippen molar-refractivity contribution in [2.75, 3.05) is 14.7 Å². The van der Waals surface area contributed by atoms with E-state index in [0.29, 0.717) is 0 Å². The second-order valence-electron chi connectivity index (χ2n) is 29.3. The SMILES string of the molecule is CC(C)(C)c1ccc2c(c1)B1c3cc(C(C)(C)C)cc4c3N(c3cc(N5c6ccc(C(C)(C)C)cc6C6(C)CCc7ccccc7C56C)cc(c31)N2c1ccc(C(C)(C)C)cc1-c1ccccc1)C1(C)CCCCC41C. The van der Waals surface area contributed by atoms with E-state index >= 15 is 0 Å². The molecule has 1 saturated carbocycles. The van der Waals surface area contributed by atoms with Crippen LogP contribution in [0.15, 0.2) is 133 Å². The predicted molar refractivity (Wildman–Crippen MR) is 327 cm³/mol. The van der Waals surface area contributed by atoms with Gasteiger partial charge in [0.05, 0.1) is 16.8 Å². The number of hydrogen-bond donors (Lipinski definition) is 0. The van der Waals surface area contributed by atoms with E-state index in [0.717, 1.165) is 19.3 Å². The Morgan fingerprint density at radius 1 is 0.434 bits per heavy atom. The van der Waals surface area contributed by atoms with Crippen LogP contribution in [0.25, 0.3) is 11.1 Å². The molecule has 4 aliphatic heterocycles. The molecule has 6 aliphatic rings. The van der Waals surface area contributed by atoms with Crippen LogP contribution in [0.1, 0.15) is 187 Å². The van der Waals surface area contributed by atoms with Crippen LogP contribution in [-0.2, 0) is 44.4 Å². The molecule has 4 atom stereocenters. The first-order chi connectivity index (χ1) is 35.7. The van der Waals surface area contributed by atoms with Crippen LogP contribution in [0.2, 0.25) is 0 Å². The first-order valence-corrected chi connectivity index (χ1v) is 29.1. The van der Waals surface area contributed by atoms with Crippen molar-refractivity contribution in [3.8, 4) is 11.1 Å². The maximum Gasteiger partial charge on any atom is 0.252 e. The lowest BCUT2D eigenvalue weighted by Crippen LogP contribution is -2.64. The van der Waals surface area contributed by atoms with Crippen LogP contribution < -0.4 is 31.1 Å². The normalized spacial score (nSPS) is 24.1. The summed E-state index contributed by atoms with van der Waals surface area (Å²) in [6.07, 6.45) is 6.98. The van der Waals surface area contributed by atoms with E-state index in [1.807, 2.05) is 0 Å². The Morgan fingerprint density at radius 3 is 1.68 bits per heavy atom. The van der Waals surface area contributed by atoms with Gasteiger partial charge in [-0.1, -0.05) is 207 Å². The molecule has 0 amide bonds. The summed E-state index contributed by atoms with van der Waals surface area (Å²) in [6, 6.07) is 54.0. The molecule has 0 spiro atoms. The second kappa shape index (κ2) is 15.8. The number of aryl methyl sites for hydroxylation is 1. The molecular weight excluding hydrogens is 918 g/mol. The number of nitrogens with zero attached hydrogens (tertiary/aromatic N) is 3. The van der Waals surface area contributed by atoms with E-state index in [9.17, 15) is 0 Å². The van der Waals surface area contributed by atoms with Crippen molar-refractivity contribution in [1.29, 1.82) is 0 Å². The highest BCUT2D eigenvalue weighted by Crippen LogP contribution is 2.67. The summed E-state index contributed by atoms with van der Waals surface area (Å²) in [5.74, 6) is 0. The highest BCUT2D eigenvalue weighted by atomic mass is 15.3. The third-order valence-electron chi connectivity index (χ3n) is 20.8. The molecule has 0 bridgehead atoms. The van der Waals surface area contributed by atoms with E-state index in [2.05, 4.69) is 259 Å². The van der Waals surface area contributed by atoms with Gasteiger partial charge in [-0.2, -0.15) is 0 Å². The van der Waals surface area contributed by atoms with E-state index in [1.54, 1.807) is 5.56 Å². The Bertz CT molecular complexity index is 3580. The highest BCUT2D eigenvalue weighted by Gasteiger charge is 2.64. The largest absolute Gasteiger partial charge is 0.335 e. The number of fused-ring (bicyclic) bond motifs is 12. The van der Waals surface area contributed by atoms with Crippen molar-refractivity contribution in [2.45, 2.75) is 193 Å². The molecule has 1 fully saturated rings. The van der Waals surface area contributed by atoms with Crippen molar-refractivity contribution in [3.05, 3.63) is 178 Å². The Kier molecular flexibility index (Phi) is 10.3. The van der Waals surface area contributed by atoms with Crippen molar-refractivity contribution >= 4 is 62.9 Å². The van der Waals surface area contributed by atoms with E-state index in [4.69, 9.17) is 0 Å². The van der Waals surface area contributed by atoms with Crippen LogP contribution in [0.3, 0.4) is 0 Å². The lowest BCUT2D eigenvalue weighted by atomic mass is 9.33. The second-order valence-corrected chi connectivity index (χ2v) is 29.3. The van der Waals surface area contributed by atoms with Crippen LogP contribution in [-0.4, -0.2) is 12.3 Å². The summed E-state index contributed by atoms with van der Waals surface area (Å²) in [7, 11) is 0. The summed E-state index contributed by atoms with van der Waals surface area (Å²) in [5, 5.41) is 0. The summed E-state index contributed by atoms with van der Waals surface area (Å²) in [6.45, 7) is 39.2. The van der Waals surface area contributed by atoms with Gasteiger partial charge in [0.15, 0.2) is 0 Å². The first-order valence-electron chi connectivity index (χ1n) is 29.1. The Morgan fingerprint density at radius 2 is 1.00 bits per heavy atom. The average molecular weight is 1000 g/mol. The van der Waals surface area contributed by atoms with Gasteiger partial charge in [-0.15, -0.1) is 0 Å². The fourth-order valence-corrected chi connectivity index (χ4v) is 15.8. The molecule has 0 radical (unpaired) electrons. The van der Waals surface area contributed by atoms with Gasteiger partial charge in [-0.3, -0.25) is 0 Å². The van der Waals surface area contributed by atoms with E-state index in [1.165, 1.54) is 126 Å². The Hall–Kier alpha value is -6.00. The minimum absolute atomic E-state index is 0.0162. The standard InChI is InChI=1S/C72H82BN3/c1-65(2,3)47-28-31-58(52(38-47)45-24-18-17-19-25-45)74-60-33-30-49(67(7,8)9)41-56(60)73-57-42-50(68(10,11)12)40-55-64(57)76(71(15)36-23-22-35-69(55,71)13)62-44-51(43-61(74)63(62)73)75-59-32-29-48(66(4,5)6)39-54(59)70(14)37-34-46-26-20-21-27-53(46)72(70,75)16/h17-21,24-33,38-44H,22-23,34-37H2,1-16H3. The van der Waals surface area contributed by atoms with Crippen molar-refractivity contribution in [3.63, 3.8) is 0 Å². The third-order valence-corrected chi connectivity index (χ3v) is 20.8. The average Bonchev–Trinajstić information content (AvgIpc) is 3.83. The predicted octanol–water partition coefficient (Wildman–Crippen LogP) is 17.2. The summed E-state index contributed by atoms with van der Waals surface area (Å²) in [5.41, 5.74) is 26.9. The highest BCUT2D eigenvalue weighted by molar-refractivity contribution is 7.00. The summed E-state index contributed by atoms with van der Waals surface area (Å²) < 4.78 is 0. The molecule has 7 aromatic carbocycles. The zero-order chi connectivity index (χ0) is 53.7. The van der Waals surface area contributed by atoms with Gasteiger partial charge in [0, 0.05) is 50.5 Å². The minimum atomic E-state index is -0.378. The molecule has 4 heteroatoms. The van der Waals surface area contributed by atoms with Gasteiger partial charge in [0.2, 0.25) is 0 Å². The van der Waals surface area contributed by atoms with Gasteiger partial charge in [-0.05, 0) is 164 Å². The molecule has 0 N–H and O–H groups in total. The maximum atomic E-state index is 2.97. The lowest BCUT2D eigenvalue weighted by Gasteiger charge is -2.54. The van der Waals surface area contributed by atoms with Crippen LogP contribution in [0.4, 0.5) is 39.8 Å². The molecule has 4 unspecified atom stereocenters. The fraction of sp³-hybridized carbons (Fsp3) is 0.417. The van der Waals surface area contributed by atoms with Gasteiger partial charge in [0.1, 0.15) is 0 Å². The van der Waals surface area contributed by atoms with E-state index < -0.39 is 0 Å². The lowest BCUT2D eigenvalue weighted by molar-refractivity contribution is 0.195. The van der Waals surface area contributed by atoms with Gasteiger partial charge in [0.25, 0.3) is 6.71 Å². The zero-order valence-corrected chi connectivity index (χ0v) is 48.9. The van der Waals surface area contributed by atoms with Crippen molar-refractivity contribution in [2.24, 2.45) is 0 Å². The molecule has 388 valence electrons. The number of benzene rings is 7. The van der Waals surface area contributed by atoms with Gasteiger partial charge >= 0.3 is 0 Å². The first kappa shape index (κ1) is 49.6. The number of rotatable bonds is 3.